The second-order valence-corrected chi connectivity index (χ2v) is 2.19. The van der Waals surface area contributed by atoms with Gasteiger partial charge in [-0.2, -0.15) is 0 Å². The zero-order valence-electron chi connectivity index (χ0n) is 15.9. The van der Waals surface area contributed by atoms with E-state index < -0.39 is 11.9 Å². The molecule has 4 heteroatoms. The monoisotopic (exact) mass is 362 g/mol. The lowest BCUT2D eigenvalue weighted by atomic mass is 10.1. The lowest BCUT2D eigenvalue weighted by Gasteiger charge is -1.94. The Kier molecular flexibility index (Phi) is 96.4. The molecule has 0 aromatic heterocycles. The molecule has 0 unspecified atom stereocenters. The van der Waals surface area contributed by atoms with E-state index in [0.29, 0.717) is 0 Å². The van der Waals surface area contributed by atoms with Crippen molar-refractivity contribution in [3.05, 3.63) is 127 Å². The van der Waals surface area contributed by atoms with Crippen LogP contribution in [-0.2, 0) is 0 Å². The second-order valence-electron chi connectivity index (χ2n) is 2.19. The maximum Gasteiger partial charge on any atom is 0.335 e. The maximum absolute atomic E-state index is 10.3. The highest BCUT2D eigenvalue weighted by Crippen LogP contribution is 2.03. The first-order chi connectivity index (χ1) is 12.6. The molecule has 146 valence electrons. The number of carboxylic acids is 2. The minimum absolute atomic E-state index is 0.0833. The van der Waals surface area contributed by atoms with Crippen LogP contribution in [0.1, 0.15) is 20.7 Å². The van der Waals surface area contributed by atoms with Crippen LogP contribution in [0.4, 0.5) is 0 Å². The molecule has 1 aromatic carbocycles. The van der Waals surface area contributed by atoms with Crippen LogP contribution in [0.15, 0.2) is 116 Å². The van der Waals surface area contributed by atoms with E-state index in [1.807, 2.05) is 0 Å². The van der Waals surface area contributed by atoms with Crippen molar-refractivity contribution in [2.75, 3.05) is 0 Å². The van der Waals surface area contributed by atoms with Crippen molar-refractivity contribution in [3.8, 4) is 0 Å². The summed E-state index contributed by atoms with van der Waals surface area (Å²) in [5.74, 6) is -2.13. The molecule has 0 radical (unpaired) electrons. The molecule has 0 aliphatic rings. The van der Waals surface area contributed by atoms with Crippen molar-refractivity contribution >= 4 is 11.9 Å². The SMILES string of the molecule is C=C.C=C.C=C.C=C.C=C.C=C.C=C.O=C(O)c1ccc(C(=O)O)cc1. The zero-order chi connectivity index (χ0) is 23.1. The fraction of sp³-hybridized carbons (Fsp3) is 0. The van der Waals surface area contributed by atoms with Crippen LogP contribution in [0.25, 0.3) is 0 Å². The van der Waals surface area contributed by atoms with E-state index in [4.69, 9.17) is 10.2 Å². The van der Waals surface area contributed by atoms with Crippen molar-refractivity contribution in [2.24, 2.45) is 0 Å². The standard InChI is InChI=1S/C8H6O4.7C2H4/c9-7(10)5-1-2-6(4-3-5)8(11)12;7*1-2/h1-4H,(H,9,10)(H,11,12);7*1-2H2. The Bertz CT molecular complexity index is 358. The van der Waals surface area contributed by atoms with Crippen LogP contribution in [-0.4, -0.2) is 22.2 Å². The van der Waals surface area contributed by atoms with Crippen LogP contribution in [0.3, 0.4) is 0 Å². The first kappa shape index (κ1) is 43.2. The quantitative estimate of drug-likeness (QED) is 0.574. The summed E-state index contributed by atoms with van der Waals surface area (Å²) in [6.45, 7) is 42.0. The number of aromatic carboxylic acids is 2. The molecular formula is C22H34O4. The molecule has 0 aliphatic heterocycles. The highest BCUT2D eigenvalue weighted by atomic mass is 16.4. The third kappa shape index (κ3) is 37.0. The van der Waals surface area contributed by atoms with E-state index in [1.165, 1.54) is 24.3 Å². The summed E-state index contributed by atoms with van der Waals surface area (Å²) >= 11 is 0. The maximum atomic E-state index is 10.3. The molecule has 0 amide bonds. The normalized spacial score (nSPS) is 5.38. The van der Waals surface area contributed by atoms with E-state index >= 15 is 0 Å². The predicted octanol–water partition coefficient (Wildman–Crippen LogP) is 6.70. The minimum Gasteiger partial charge on any atom is -0.478 e. The average Bonchev–Trinajstić information content (AvgIpc) is 2.78. The number of rotatable bonds is 2. The van der Waals surface area contributed by atoms with Gasteiger partial charge in [0.1, 0.15) is 0 Å². The molecule has 0 atom stereocenters. The number of benzene rings is 1. The number of hydrogen-bond donors (Lipinski definition) is 2. The first-order valence-corrected chi connectivity index (χ1v) is 6.68. The molecule has 0 saturated carbocycles. The van der Waals surface area contributed by atoms with Gasteiger partial charge in [0.05, 0.1) is 11.1 Å². The molecule has 0 aliphatic carbocycles. The van der Waals surface area contributed by atoms with Gasteiger partial charge in [-0.05, 0) is 24.3 Å². The summed E-state index contributed by atoms with van der Waals surface area (Å²) < 4.78 is 0. The van der Waals surface area contributed by atoms with E-state index in [-0.39, 0.29) is 11.1 Å². The highest BCUT2D eigenvalue weighted by Gasteiger charge is 2.04. The van der Waals surface area contributed by atoms with Crippen molar-refractivity contribution < 1.29 is 19.8 Å². The van der Waals surface area contributed by atoms with Crippen LogP contribution in [0.5, 0.6) is 0 Å². The first-order valence-electron chi connectivity index (χ1n) is 6.68. The van der Waals surface area contributed by atoms with Gasteiger partial charge in [-0.3, -0.25) is 0 Å². The summed E-state index contributed by atoms with van der Waals surface area (Å²) in [4.78, 5) is 20.7. The summed E-state index contributed by atoms with van der Waals surface area (Å²) in [6.07, 6.45) is 0. The molecule has 0 fully saturated rings. The van der Waals surface area contributed by atoms with E-state index in [9.17, 15) is 9.59 Å². The Hall–Kier alpha value is -3.66. The van der Waals surface area contributed by atoms with Gasteiger partial charge in [0, 0.05) is 0 Å². The van der Waals surface area contributed by atoms with Crippen molar-refractivity contribution in [1.29, 1.82) is 0 Å². The summed E-state index contributed by atoms with van der Waals surface area (Å²) in [7, 11) is 0. The van der Waals surface area contributed by atoms with Crippen molar-refractivity contribution in [1.82, 2.24) is 0 Å². The minimum atomic E-state index is -1.06. The third-order valence-corrected chi connectivity index (χ3v) is 1.38. The Morgan fingerprint density at radius 3 is 0.654 bits per heavy atom. The Morgan fingerprint density at radius 2 is 0.577 bits per heavy atom. The van der Waals surface area contributed by atoms with E-state index in [1.54, 1.807) is 0 Å². The van der Waals surface area contributed by atoms with Crippen molar-refractivity contribution in [2.45, 2.75) is 0 Å². The average molecular weight is 363 g/mol. The van der Waals surface area contributed by atoms with Crippen molar-refractivity contribution in [3.63, 3.8) is 0 Å². The molecule has 1 aromatic rings. The van der Waals surface area contributed by atoms with E-state index in [0.717, 1.165) is 0 Å². The van der Waals surface area contributed by atoms with Gasteiger partial charge in [0.2, 0.25) is 0 Å². The largest absolute Gasteiger partial charge is 0.478 e. The summed E-state index contributed by atoms with van der Waals surface area (Å²) in [5, 5.41) is 16.9. The number of hydrogen-bond acceptors (Lipinski definition) is 2. The van der Waals surface area contributed by atoms with Crippen LogP contribution >= 0.6 is 0 Å². The lowest BCUT2D eigenvalue weighted by Crippen LogP contribution is -1.99. The topological polar surface area (TPSA) is 74.6 Å². The summed E-state index contributed by atoms with van der Waals surface area (Å²) in [6, 6.07) is 5.02. The zero-order valence-corrected chi connectivity index (χ0v) is 15.9. The molecule has 0 saturated heterocycles. The molecule has 26 heavy (non-hydrogen) atoms. The number of carboxylic acid groups (broad SMARTS) is 2. The Morgan fingerprint density at radius 1 is 0.462 bits per heavy atom. The van der Waals surface area contributed by atoms with Crippen LogP contribution in [0.2, 0.25) is 0 Å². The fourth-order valence-electron chi connectivity index (χ4n) is 0.755. The smallest absolute Gasteiger partial charge is 0.335 e. The van der Waals surface area contributed by atoms with Gasteiger partial charge >= 0.3 is 11.9 Å². The molecule has 1 rings (SSSR count). The lowest BCUT2D eigenvalue weighted by molar-refractivity contribution is 0.0681. The van der Waals surface area contributed by atoms with Gasteiger partial charge in [-0.25, -0.2) is 9.59 Å². The third-order valence-electron chi connectivity index (χ3n) is 1.38. The Balaban J connectivity index is -0.0000000437. The van der Waals surface area contributed by atoms with E-state index in [2.05, 4.69) is 92.1 Å². The molecule has 0 heterocycles. The molecular weight excluding hydrogens is 328 g/mol. The number of carbonyl (C=O) groups is 2. The highest BCUT2D eigenvalue weighted by molar-refractivity contribution is 5.91. The van der Waals surface area contributed by atoms with Gasteiger partial charge < -0.3 is 10.2 Å². The molecule has 0 spiro atoms. The summed E-state index contributed by atoms with van der Waals surface area (Å²) in [5.41, 5.74) is 0.167. The fourth-order valence-corrected chi connectivity index (χ4v) is 0.755. The van der Waals surface area contributed by atoms with Gasteiger partial charge in [0.15, 0.2) is 0 Å². The van der Waals surface area contributed by atoms with Gasteiger partial charge in [-0.15, -0.1) is 92.1 Å². The van der Waals surface area contributed by atoms with Crippen LogP contribution in [0, 0.1) is 0 Å². The van der Waals surface area contributed by atoms with Crippen LogP contribution < -0.4 is 0 Å². The predicted molar refractivity (Wildman–Crippen MR) is 119 cm³/mol. The molecule has 4 nitrogen and oxygen atoms in total. The molecule has 2 N–H and O–H groups in total. The second kappa shape index (κ2) is 58.0. The van der Waals surface area contributed by atoms with Gasteiger partial charge in [0.25, 0.3) is 0 Å². The van der Waals surface area contributed by atoms with Gasteiger partial charge in [-0.1, -0.05) is 0 Å². The Labute approximate surface area is 159 Å². The molecule has 0 bridgehead atoms.